The Hall–Kier alpha value is -10.3. The minimum absolute atomic E-state index is 0.0109. The van der Waals surface area contributed by atoms with E-state index in [0.717, 1.165) is 0 Å². The van der Waals surface area contributed by atoms with E-state index < -0.39 is 55.4 Å². The average molecular weight is 1230 g/mol. The van der Waals surface area contributed by atoms with Crippen molar-refractivity contribution < 1.29 is 99.6 Å². The SMILES string of the molecule is CCC(C(=O)O)c1c(C)n(C(=O)c2ccc(OC(F)F)cc2)c2ccc(O)cc12.COc1ccc2c(c1)c(CC(=O)NCCO)c(C)n2C(=O)c1ccc(OC(F)F)cc1.Cc1c(C(C)C(=O)O)c2cc(O)ccc2n1C(=O)c1ccc(OC(F)F)cc1. The first-order valence-electron chi connectivity index (χ1n) is 26.8. The van der Waals surface area contributed by atoms with E-state index in [9.17, 15) is 75.5 Å². The monoisotopic (exact) mass is 1220 g/mol. The van der Waals surface area contributed by atoms with Crippen LogP contribution in [0.3, 0.4) is 0 Å². The number of carboxylic acid groups (broad SMARTS) is 2. The third-order valence-electron chi connectivity index (χ3n) is 14.2. The van der Waals surface area contributed by atoms with Gasteiger partial charge in [-0.25, -0.2) is 0 Å². The second kappa shape index (κ2) is 28.3. The number of rotatable bonds is 19. The molecule has 3 aromatic heterocycles. The molecule has 0 aliphatic heterocycles. The third-order valence-corrected chi connectivity index (χ3v) is 14.2. The zero-order valence-electron chi connectivity index (χ0n) is 47.8. The van der Waals surface area contributed by atoms with E-state index in [2.05, 4.69) is 19.5 Å². The number of methoxy groups -OCH3 is 1. The Bertz CT molecular complexity index is 4050. The molecule has 88 heavy (non-hydrogen) atoms. The summed E-state index contributed by atoms with van der Waals surface area (Å²) in [5.74, 6) is -5.15. The number of carbonyl (C=O) groups is 6. The number of aliphatic carboxylic acids is 2. The van der Waals surface area contributed by atoms with Gasteiger partial charge in [-0.15, -0.1) is 0 Å². The van der Waals surface area contributed by atoms with Crippen LogP contribution in [0.25, 0.3) is 32.7 Å². The van der Waals surface area contributed by atoms with Crippen molar-refractivity contribution in [2.24, 2.45) is 0 Å². The highest BCUT2D eigenvalue weighted by Crippen LogP contribution is 2.38. The van der Waals surface area contributed by atoms with Gasteiger partial charge in [0, 0.05) is 56.5 Å². The molecule has 0 fully saturated rings. The van der Waals surface area contributed by atoms with E-state index in [1.165, 1.54) is 131 Å². The minimum Gasteiger partial charge on any atom is -0.508 e. The van der Waals surface area contributed by atoms with Gasteiger partial charge < -0.3 is 49.8 Å². The average Bonchev–Trinajstić information content (AvgIpc) is 1.69. The summed E-state index contributed by atoms with van der Waals surface area (Å²) < 4.78 is 96.3. The Balaban J connectivity index is 0.000000189. The lowest BCUT2D eigenvalue weighted by Crippen LogP contribution is -2.28. The summed E-state index contributed by atoms with van der Waals surface area (Å²) >= 11 is 0. The van der Waals surface area contributed by atoms with E-state index in [-0.39, 0.29) is 76.8 Å². The molecule has 0 saturated heterocycles. The fraction of sp³-hybridized carbons (Fsp3) is 0.238. The number of fused-ring (bicyclic) bond motifs is 3. The molecule has 1 amide bonds. The zero-order chi connectivity index (χ0) is 64.4. The number of nitrogens with one attached hydrogen (secondary N) is 1. The lowest BCUT2D eigenvalue weighted by atomic mass is 9.94. The van der Waals surface area contributed by atoms with Crippen LogP contribution in [0.15, 0.2) is 127 Å². The van der Waals surface area contributed by atoms with Crippen molar-refractivity contribution in [1.29, 1.82) is 0 Å². The number of hydrogen-bond acceptors (Lipinski definition) is 13. The van der Waals surface area contributed by atoms with Crippen LogP contribution in [0, 0.1) is 20.8 Å². The van der Waals surface area contributed by atoms with E-state index in [0.29, 0.717) is 78.7 Å². The highest BCUT2D eigenvalue weighted by molar-refractivity contribution is 6.08. The number of halogens is 6. The van der Waals surface area contributed by atoms with Crippen LogP contribution in [0.5, 0.6) is 34.5 Å². The Kier molecular flexibility index (Phi) is 21.0. The summed E-state index contributed by atoms with van der Waals surface area (Å²) in [4.78, 5) is 75.0. The number of aromatic nitrogens is 3. The minimum atomic E-state index is -2.97. The van der Waals surface area contributed by atoms with Gasteiger partial charge in [-0.2, -0.15) is 26.3 Å². The van der Waals surface area contributed by atoms with Crippen LogP contribution in [0.4, 0.5) is 26.3 Å². The zero-order valence-corrected chi connectivity index (χ0v) is 47.8. The Labute approximate surface area is 497 Å². The Morgan fingerprint density at radius 2 is 0.886 bits per heavy atom. The fourth-order valence-electron chi connectivity index (χ4n) is 10.2. The summed E-state index contributed by atoms with van der Waals surface area (Å²) in [7, 11) is 1.52. The van der Waals surface area contributed by atoms with Crippen molar-refractivity contribution in [3.8, 4) is 34.5 Å². The summed E-state index contributed by atoms with van der Waals surface area (Å²) in [5.41, 5.74) is 5.14. The normalized spacial score (nSPS) is 11.9. The van der Waals surface area contributed by atoms with Crippen molar-refractivity contribution in [3.05, 3.63) is 178 Å². The number of hydrogen-bond donors (Lipinski definition) is 6. The van der Waals surface area contributed by atoms with Gasteiger partial charge in [0.2, 0.25) is 5.91 Å². The number of carbonyl (C=O) groups excluding carboxylic acids is 4. The molecule has 462 valence electrons. The Morgan fingerprint density at radius 3 is 1.26 bits per heavy atom. The van der Waals surface area contributed by atoms with Gasteiger partial charge in [0.15, 0.2) is 0 Å². The number of benzene rings is 6. The molecular weight excluding hydrogens is 1170 g/mol. The largest absolute Gasteiger partial charge is 0.508 e. The number of aliphatic hydroxyl groups excluding tert-OH is 1. The van der Waals surface area contributed by atoms with E-state index in [1.54, 1.807) is 52.0 Å². The fourth-order valence-corrected chi connectivity index (χ4v) is 10.2. The van der Waals surface area contributed by atoms with Gasteiger partial charge in [-0.3, -0.25) is 42.5 Å². The standard InChI is InChI=1S/C22H22F2N2O5.C21H19F2NO5.C20H17F2NO5/c1-13-17(12-20(28)25-9-10-27)18-11-16(30-2)7-8-19(18)26(13)21(29)14-3-5-15(6-4-14)31-22(23)24;1-3-15(20(27)28)18-11(2)24(17-9-6-13(25)10-16(17)18)19(26)12-4-7-14(8-5-12)29-21(22)23;1-10(19(26)27)17-11(2)23(16-8-5-13(24)9-15(16)17)18(25)12-3-6-14(7-4-12)28-20(21)22/h3-8,11,22,27H,9-10,12H2,1-2H3,(H,25,28);4-10,15,21,25H,3H2,1-2H3,(H,27,28);3-10,20,24H,1-2H3,(H,26,27). The third kappa shape index (κ3) is 14.5. The first kappa shape index (κ1) is 65.2. The molecule has 6 aromatic carbocycles. The summed E-state index contributed by atoms with van der Waals surface area (Å²) in [5, 5.41) is 51.9. The molecule has 0 radical (unpaired) electrons. The number of alkyl halides is 6. The molecule has 19 nitrogen and oxygen atoms in total. The number of phenolic OH excluding ortho intramolecular Hbond substituents is 2. The van der Waals surface area contributed by atoms with Gasteiger partial charge in [-0.1, -0.05) is 6.92 Å². The Morgan fingerprint density at radius 1 is 0.511 bits per heavy atom. The van der Waals surface area contributed by atoms with Gasteiger partial charge in [0.05, 0.1) is 48.5 Å². The lowest BCUT2D eigenvalue weighted by molar-refractivity contribution is -0.139. The van der Waals surface area contributed by atoms with Crippen LogP contribution in [-0.4, -0.2) is 115 Å². The first-order valence-corrected chi connectivity index (χ1v) is 26.8. The molecule has 3 heterocycles. The highest BCUT2D eigenvalue weighted by atomic mass is 19.3. The molecule has 0 aliphatic rings. The second-order valence-electron chi connectivity index (χ2n) is 19.6. The summed E-state index contributed by atoms with van der Waals surface area (Å²) in [6.07, 6.45) is 0.315. The van der Waals surface area contributed by atoms with E-state index in [1.807, 2.05) is 0 Å². The summed E-state index contributed by atoms with van der Waals surface area (Å²) in [6.45, 7) is -0.709. The number of carboxylic acids is 2. The summed E-state index contributed by atoms with van der Waals surface area (Å²) in [6, 6.07) is 29.8. The van der Waals surface area contributed by atoms with Gasteiger partial charge in [-0.05, 0) is 178 Å². The predicted octanol–water partition coefficient (Wildman–Crippen LogP) is 11.6. The quantitative estimate of drug-likeness (QED) is 0.0411. The maximum atomic E-state index is 13.2. The van der Waals surface area contributed by atoms with Crippen molar-refractivity contribution in [2.75, 3.05) is 20.3 Å². The smallest absolute Gasteiger partial charge is 0.387 e. The van der Waals surface area contributed by atoms with E-state index >= 15 is 0 Å². The molecule has 0 saturated carbocycles. The van der Waals surface area contributed by atoms with Crippen LogP contribution in [0.2, 0.25) is 0 Å². The molecular formula is C63H58F6N4O15. The van der Waals surface area contributed by atoms with Crippen molar-refractivity contribution >= 4 is 68.3 Å². The molecule has 9 aromatic rings. The molecule has 2 atom stereocenters. The topological polar surface area (TPSA) is 267 Å². The number of aliphatic hydroxyl groups is 1. The van der Waals surface area contributed by atoms with Gasteiger partial charge >= 0.3 is 31.8 Å². The number of aromatic hydroxyl groups is 2. The highest BCUT2D eigenvalue weighted by Gasteiger charge is 2.30. The number of nitrogens with zero attached hydrogens (tertiary/aromatic N) is 3. The van der Waals surface area contributed by atoms with Gasteiger partial charge in [0.25, 0.3) is 17.7 Å². The number of amides is 1. The molecule has 0 spiro atoms. The van der Waals surface area contributed by atoms with Crippen LogP contribution in [-0.2, 0) is 20.8 Å². The maximum absolute atomic E-state index is 13.2. The lowest BCUT2D eigenvalue weighted by Gasteiger charge is -2.12. The predicted molar refractivity (Wildman–Crippen MR) is 309 cm³/mol. The van der Waals surface area contributed by atoms with Crippen LogP contribution < -0.4 is 24.3 Å². The molecule has 2 unspecified atom stereocenters. The van der Waals surface area contributed by atoms with Crippen molar-refractivity contribution in [2.45, 2.75) is 79.1 Å². The maximum Gasteiger partial charge on any atom is 0.387 e. The molecule has 25 heteroatoms. The number of phenols is 2. The molecule has 0 aliphatic carbocycles. The van der Waals surface area contributed by atoms with Gasteiger partial charge in [0.1, 0.15) is 34.5 Å². The van der Waals surface area contributed by atoms with Crippen LogP contribution in [0.1, 0.15) is 97.0 Å². The van der Waals surface area contributed by atoms with Crippen LogP contribution >= 0.6 is 0 Å². The second-order valence-corrected chi connectivity index (χ2v) is 19.6. The molecule has 0 bridgehead atoms. The molecule has 6 N–H and O–H groups in total. The molecule has 9 rings (SSSR count). The number of ether oxygens (including phenoxy) is 4. The first-order chi connectivity index (χ1) is 41.8. The van der Waals surface area contributed by atoms with Crippen molar-refractivity contribution in [1.82, 2.24) is 19.0 Å². The van der Waals surface area contributed by atoms with E-state index in [4.69, 9.17) is 9.84 Å². The van der Waals surface area contributed by atoms with Crippen molar-refractivity contribution in [3.63, 3.8) is 0 Å².